The predicted octanol–water partition coefficient (Wildman–Crippen LogP) is 5.58. The van der Waals surface area contributed by atoms with Gasteiger partial charge in [-0.1, -0.05) is 69.3 Å². The first-order valence-corrected chi connectivity index (χ1v) is 15.0. The highest BCUT2D eigenvalue weighted by atomic mass is 28.4. The van der Waals surface area contributed by atoms with Gasteiger partial charge in [0.15, 0.2) is 8.32 Å². The van der Waals surface area contributed by atoms with Crippen molar-refractivity contribution >= 4 is 14.4 Å². The molecule has 34 heavy (non-hydrogen) atoms. The second-order valence-corrected chi connectivity index (χ2v) is 14.9. The van der Waals surface area contributed by atoms with Crippen LogP contribution in [-0.2, 0) is 18.6 Å². The SMILES string of the molecule is CC(C)(C)[Si](C)(C)OCCOCCOCCNC(=O)OCC1c2ccccc2-c2ccccc21. The molecule has 1 amide bonds. The van der Waals surface area contributed by atoms with Crippen molar-refractivity contribution in [3.8, 4) is 11.1 Å². The summed E-state index contributed by atoms with van der Waals surface area (Å²) in [5.74, 6) is 0.0622. The topological polar surface area (TPSA) is 66.0 Å². The van der Waals surface area contributed by atoms with Gasteiger partial charge in [0.2, 0.25) is 0 Å². The van der Waals surface area contributed by atoms with Gasteiger partial charge >= 0.3 is 6.09 Å². The minimum absolute atomic E-state index is 0.0622. The maximum Gasteiger partial charge on any atom is 0.407 e. The van der Waals surface area contributed by atoms with E-state index in [0.717, 1.165) is 0 Å². The van der Waals surface area contributed by atoms with E-state index in [0.29, 0.717) is 46.2 Å². The molecule has 0 fully saturated rings. The molecule has 3 rings (SSSR count). The largest absolute Gasteiger partial charge is 0.449 e. The number of hydrogen-bond acceptors (Lipinski definition) is 5. The third-order valence-electron chi connectivity index (χ3n) is 6.73. The van der Waals surface area contributed by atoms with E-state index in [2.05, 4.69) is 63.4 Å². The van der Waals surface area contributed by atoms with Crippen LogP contribution < -0.4 is 5.32 Å². The summed E-state index contributed by atoms with van der Waals surface area (Å²) < 4.78 is 22.7. The first-order valence-electron chi connectivity index (χ1n) is 12.1. The number of ether oxygens (including phenoxy) is 3. The predicted molar refractivity (Wildman–Crippen MR) is 138 cm³/mol. The summed E-state index contributed by atoms with van der Waals surface area (Å²) in [6.45, 7) is 14.4. The highest BCUT2D eigenvalue weighted by molar-refractivity contribution is 6.74. The summed E-state index contributed by atoms with van der Waals surface area (Å²) in [6, 6.07) is 16.6. The second kappa shape index (κ2) is 12.0. The first-order chi connectivity index (χ1) is 16.2. The standard InChI is InChI=1S/C27H39NO5Si/c1-27(2,3)34(4,5)33-19-18-31-17-16-30-15-14-28-26(29)32-20-25-23-12-8-6-10-21(23)22-11-7-9-13-24(22)25/h6-13,25H,14-20H2,1-5H3,(H,28,29). The van der Waals surface area contributed by atoms with Crippen molar-refractivity contribution in [2.45, 2.75) is 44.8 Å². The van der Waals surface area contributed by atoms with Crippen LogP contribution in [0.1, 0.15) is 37.8 Å². The van der Waals surface area contributed by atoms with Crippen LogP contribution >= 0.6 is 0 Å². The molecule has 6 nitrogen and oxygen atoms in total. The number of amides is 1. The molecule has 0 unspecified atom stereocenters. The van der Waals surface area contributed by atoms with Gasteiger partial charge in [0.05, 0.1) is 33.0 Å². The zero-order valence-electron chi connectivity index (χ0n) is 21.2. The van der Waals surface area contributed by atoms with Crippen LogP contribution in [0.2, 0.25) is 18.1 Å². The van der Waals surface area contributed by atoms with Gasteiger partial charge < -0.3 is 24.0 Å². The zero-order valence-corrected chi connectivity index (χ0v) is 22.2. The summed E-state index contributed by atoms with van der Waals surface area (Å²) in [5.41, 5.74) is 4.84. The summed E-state index contributed by atoms with van der Waals surface area (Å²) >= 11 is 0. The van der Waals surface area contributed by atoms with Crippen LogP contribution in [0, 0.1) is 0 Å². The van der Waals surface area contributed by atoms with Gasteiger partial charge in [-0.25, -0.2) is 4.79 Å². The molecule has 186 valence electrons. The Morgan fingerprint density at radius 1 is 0.853 bits per heavy atom. The van der Waals surface area contributed by atoms with E-state index < -0.39 is 14.4 Å². The minimum Gasteiger partial charge on any atom is -0.449 e. The molecule has 0 saturated carbocycles. The van der Waals surface area contributed by atoms with E-state index in [9.17, 15) is 4.79 Å². The van der Waals surface area contributed by atoms with Gasteiger partial charge in [-0.05, 0) is 40.4 Å². The lowest BCUT2D eigenvalue weighted by Crippen LogP contribution is -2.41. The van der Waals surface area contributed by atoms with Gasteiger partial charge in [0.1, 0.15) is 6.61 Å². The highest BCUT2D eigenvalue weighted by Crippen LogP contribution is 2.44. The van der Waals surface area contributed by atoms with Gasteiger partial charge in [0.25, 0.3) is 0 Å². The molecule has 1 aliphatic carbocycles. The smallest absolute Gasteiger partial charge is 0.407 e. The zero-order chi connectivity index (χ0) is 24.6. The maximum atomic E-state index is 12.2. The third-order valence-corrected chi connectivity index (χ3v) is 11.3. The van der Waals surface area contributed by atoms with Crippen molar-refractivity contribution in [2.75, 3.05) is 46.2 Å². The molecule has 0 spiro atoms. The average Bonchev–Trinajstić information content (AvgIpc) is 3.12. The number of fused-ring (bicyclic) bond motifs is 3. The van der Waals surface area contributed by atoms with Crippen molar-refractivity contribution < 1.29 is 23.4 Å². The Hall–Kier alpha value is -2.19. The van der Waals surface area contributed by atoms with Crippen LogP contribution in [0.5, 0.6) is 0 Å². The normalized spacial score (nSPS) is 13.4. The average molecular weight is 486 g/mol. The van der Waals surface area contributed by atoms with Crippen LogP contribution in [0.3, 0.4) is 0 Å². The fraction of sp³-hybridized carbons (Fsp3) is 0.519. The number of benzene rings is 2. The van der Waals surface area contributed by atoms with Crippen LogP contribution in [0.25, 0.3) is 11.1 Å². The fourth-order valence-electron chi connectivity index (χ4n) is 3.77. The Balaban J connectivity index is 1.25. The van der Waals surface area contributed by atoms with E-state index in [-0.39, 0.29) is 11.0 Å². The Bertz CT molecular complexity index is 895. The second-order valence-electron chi connectivity index (χ2n) is 10.1. The fourth-order valence-corrected chi connectivity index (χ4v) is 4.80. The summed E-state index contributed by atoms with van der Waals surface area (Å²) in [4.78, 5) is 12.2. The van der Waals surface area contributed by atoms with E-state index >= 15 is 0 Å². The molecule has 0 aromatic heterocycles. The minimum atomic E-state index is -1.72. The van der Waals surface area contributed by atoms with Crippen molar-refractivity contribution in [2.24, 2.45) is 0 Å². The lowest BCUT2D eigenvalue weighted by molar-refractivity contribution is 0.0352. The van der Waals surface area contributed by atoms with Crippen molar-refractivity contribution in [1.29, 1.82) is 0 Å². The highest BCUT2D eigenvalue weighted by Gasteiger charge is 2.36. The summed E-state index contributed by atoms with van der Waals surface area (Å²) in [5, 5.41) is 2.96. The molecule has 1 aliphatic rings. The van der Waals surface area contributed by atoms with Crippen LogP contribution in [0.15, 0.2) is 48.5 Å². The maximum absolute atomic E-state index is 12.2. The number of hydrogen-bond donors (Lipinski definition) is 1. The van der Waals surface area contributed by atoms with Crippen LogP contribution in [0.4, 0.5) is 4.79 Å². The van der Waals surface area contributed by atoms with E-state index in [1.165, 1.54) is 22.3 Å². The van der Waals surface area contributed by atoms with E-state index in [1.54, 1.807) is 0 Å². The summed E-state index contributed by atoms with van der Waals surface area (Å²) in [7, 11) is -1.72. The number of rotatable bonds is 12. The van der Waals surface area contributed by atoms with Crippen molar-refractivity contribution in [3.05, 3.63) is 59.7 Å². The van der Waals surface area contributed by atoms with E-state index in [4.69, 9.17) is 18.6 Å². The lowest BCUT2D eigenvalue weighted by Gasteiger charge is -2.36. The Labute approximate surface area is 205 Å². The number of carbonyl (C=O) groups is 1. The van der Waals surface area contributed by atoms with Crippen LogP contribution in [-0.4, -0.2) is 60.6 Å². The Morgan fingerprint density at radius 2 is 1.38 bits per heavy atom. The van der Waals surface area contributed by atoms with Gasteiger partial charge in [0, 0.05) is 12.5 Å². The molecule has 7 heteroatoms. The molecular weight excluding hydrogens is 446 g/mol. The molecule has 0 bridgehead atoms. The van der Waals surface area contributed by atoms with Gasteiger partial charge in [-0.15, -0.1) is 0 Å². The number of nitrogens with one attached hydrogen (secondary N) is 1. The molecule has 0 aliphatic heterocycles. The molecular formula is C27H39NO5Si. The molecule has 0 radical (unpaired) electrons. The van der Waals surface area contributed by atoms with Gasteiger partial charge in [-0.3, -0.25) is 0 Å². The van der Waals surface area contributed by atoms with Crippen molar-refractivity contribution in [3.63, 3.8) is 0 Å². The lowest BCUT2D eigenvalue weighted by atomic mass is 9.98. The molecule has 2 aromatic rings. The molecule has 0 heterocycles. The molecule has 2 aromatic carbocycles. The monoisotopic (exact) mass is 485 g/mol. The number of alkyl carbamates (subject to hydrolysis) is 1. The third kappa shape index (κ3) is 6.92. The van der Waals surface area contributed by atoms with Gasteiger partial charge in [-0.2, -0.15) is 0 Å². The van der Waals surface area contributed by atoms with E-state index in [1.807, 2.05) is 24.3 Å². The molecule has 1 N–H and O–H groups in total. The Morgan fingerprint density at radius 3 is 1.97 bits per heavy atom. The number of carbonyl (C=O) groups excluding carboxylic acids is 1. The van der Waals surface area contributed by atoms with Crippen molar-refractivity contribution in [1.82, 2.24) is 5.32 Å². The first kappa shape index (κ1) is 26.4. The summed E-state index contributed by atoms with van der Waals surface area (Å²) in [6.07, 6.45) is -0.426. The quantitative estimate of drug-likeness (QED) is 0.314. The molecule has 0 saturated heterocycles. The molecule has 0 atom stereocenters. The Kier molecular flexibility index (Phi) is 9.30.